The second-order valence-electron chi connectivity index (χ2n) is 8.26. The number of likely N-dealkylation sites (tertiary alicyclic amines) is 1. The number of rotatable bonds is 5. The van der Waals surface area contributed by atoms with E-state index >= 15 is 0 Å². The van der Waals surface area contributed by atoms with Crippen LogP contribution in [0.15, 0.2) is 42.5 Å². The first-order chi connectivity index (χ1) is 14.9. The molecule has 1 fully saturated rings. The zero-order valence-corrected chi connectivity index (χ0v) is 18.8. The molecule has 2 heterocycles. The standard InChI is InChI=1S/C24H27F3N2O2.ClH/c1-31-22-6-4-5-19-20(22)11-14-29(21(19)16-28-12-2-3-13-28)23(30)15-17-7-9-18(10-8-17)24(25,26)27;/h4-10,21H,2-3,11-16H2,1H3;1H. The lowest BCUT2D eigenvalue weighted by atomic mass is 9.90. The summed E-state index contributed by atoms with van der Waals surface area (Å²) in [6.07, 6.45) is -1.25. The number of ether oxygens (including phenoxy) is 1. The van der Waals surface area contributed by atoms with Crippen molar-refractivity contribution >= 4 is 18.3 Å². The molecule has 1 atom stereocenters. The van der Waals surface area contributed by atoms with Gasteiger partial charge in [0.25, 0.3) is 0 Å². The second kappa shape index (κ2) is 10.1. The molecule has 1 amide bonds. The highest BCUT2D eigenvalue weighted by Gasteiger charge is 2.34. The zero-order chi connectivity index (χ0) is 22.0. The van der Waals surface area contributed by atoms with Crippen LogP contribution in [-0.2, 0) is 23.8 Å². The fourth-order valence-corrected chi connectivity index (χ4v) is 4.70. The van der Waals surface area contributed by atoms with E-state index in [1.807, 2.05) is 17.0 Å². The Labute approximate surface area is 192 Å². The lowest BCUT2D eigenvalue weighted by molar-refractivity contribution is -0.137. The maximum atomic E-state index is 13.3. The largest absolute Gasteiger partial charge is 0.496 e. The fraction of sp³-hybridized carbons (Fsp3) is 0.458. The van der Waals surface area contributed by atoms with Crippen LogP contribution in [0.1, 0.15) is 41.1 Å². The summed E-state index contributed by atoms with van der Waals surface area (Å²) < 4.78 is 44.0. The molecule has 8 heteroatoms. The minimum absolute atomic E-state index is 0. The number of benzene rings is 2. The van der Waals surface area contributed by atoms with Crippen molar-refractivity contribution in [1.82, 2.24) is 9.80 Å². The average Bonchev–Trinajstić information content (AvgIpc) is 3.26. The summed E-state index contributed by atoms with van der Waals surface area (Å²) in [5, 5.41) is 0. The molecule has 0 spiro atoms. The molecule has 1 saturated heterocycles. The summed E-state index contributed by atoms with van der Waals surface area (Å²) in [6, 6.07) is 10.8. The van der Waals surface area contributed by atoms with Crippen LogP contribution in [-0.4, -0.2) is 49.0 Å². The summed E-state index contributed by atoms with van der Waals surface area (Å²) in [6.45, 7) is 3.39. The Morgan fingerprint density at radius 2 is 1.75 bits per heavy atom. The van der Waals surface area contributed by atoms with Gasteiger partial charge in [0.15, 0.2) is 0 Å². The number of fused-ring (bicyclic) bond motifs is 1. The van der Waals surface area contributed by atoms with Crippen LogP contribution in [0.25, 0.3) is 0 Å². The van der Waals surface area contributed by atoms with Gasteiger partial charge in [0, 0.05) is 18.7 Å². The van der Waals surface area contributed by atoms with E-state index < -0.39 is 11.7 Å². The van der Waals surface area contributed by atoms with E-state index in [2.05, 4.69) is 11.0 Å². The maximum absolute atomic E-state index is 13.3. The Hall–Kier alpha value is -2.25. The van der Waals surface area contributed by atoms with Crippen molar-refractivity contribution in [2.24, 2.45) is 0 Å². The normalized spacial score (nSPS) is 18.8. The van der Waals surface area contributed by atoms with Crippen molar-refractivity contribution in [2.45, 2.75) is 37.9 Å². The first-order valence-electron chi connectivity index (χ1n) is 10.7. The van der Waals surface area contributed by atoms with E-state index in [0.717, 1.165) is 61.5 Å². The van der Waals surface area contributed by atoms with Crippen molar-refractivity contribution in [2.75, 3.05) is 33.3 Å². The van der Waals surface area contributed by atoms with Gasteiger partial charge in [0.1, 0.15) is 5.75 Å². The third-order valence-corrected chi connectivity index (χ3v) is 6.31. The van der Waals surface area contributed by atoms with Gasteiger partial charge < -0.3 is 14.5 Å². The third-order valence-electron chi connectivity index (χ3n) is 6.31. The fourth-order valence-electron chi connectivity index (χ4n) is 4.70. The van der Waals surface area contributed by atoms with Crippen LogP contribution in [0, 0.1) is 0 Å². The molecule has 2 aromatic rings. The Morgan fingerprint density at radius 1 is 1.06 bits per heavy atom. The smallest absolute Gasteiger partial charge is 0.416 e. The van der Waals surface area contributed by atoms with E-state index in [1.54, 1.807) is 7.11 Å². The van der Waals surface area contributed by atoms with Gasteiger partial charge >= 0.3 is 6.18 Å². The molecule has 0 bridgehead atoms. The Morgan fingerprint density at radius 3 is 2.38 bits per heavy atom. The predicted octanol–water partition coefficient (Wildman–Crippen LogP) is 4.90. The maximum Gasteiger partial charge on any atom is 0.416 e. The molecule has 1 unspecified atom stereocenters. The Bertz CT molecular complexity index is 928. The van der Waals surface area contributed by atoms with Crippen LogP contribution in [0.4, 0.5) is 13.2 Å². The van der Waals surface area contributed by atoms with Crippen LogP contribution in [0.5, 0.6) is 5.75 Å². The molecule has 0 aliphatic carbocycles. The number of alkyl halides is 3. The number of carbonyl (C=O) groups excluding carboxylic acids is 1. The summed E-state index contributed by atoms with van der Waals surface area (Å²) in [5.74, 6) is 0.788. The van der Waals surface area contributed by atoms with Crippen molar-refractivity contribution in [1.29, 1.82) is 0 Å². The topological polar surface area (TPSA) is 32.8 Å². The number of methoxy groups -OCH3 is 1. The summed E-state index contributed by atoms with van der Waals surface area (Å²) >= 11 is 0. The highest BCUT2D eigenvalue weighted by molar-refractivity contribution is 5.85. The van der Waals surface area contributed by atoms with Crippen molar-refractivity contribution in [3.8, 4) is 5.75 Å². The van der Waals surface area contributed by atoms with Gasteiger partial charge in [-0.25, -0.2) is 0 Å². The average molecular weight is 469 g/mol. The molecule has 0 N–H and O–H groups in total. The number of halogens is 4. The quantitative estimate of drug-likeness (QED) is 0.625. The van der Waals surface area contributed by atoms with Crippen LogP contribution in [0.3, 0.4) is 0 Å². The van der Waals surface area contributed by atoms with Gasteiger partial charge in [-0.3, -0.25) is 4.79 Å². The van der Waals surface area contributed by atoms with E-state index in [0.29, 0.717) is 18.5 Å². The molecule has 2 aromatic carbocycles. The molecule has 4 rings (SSSR count). The van der Waals surface area contributed by atoms with E-state index in [1.165, 1.54) is 12.1 Å². The first kappa shape index (κ1) is 24.4. The van der Waals surface area contributed by atoms with Crippen molar-refractivity contribution < 1.29 is 22.7 Å². The molecule has 174 valence electrons. The predicted molar refractivity (Wildman–Crippen MR) is 119 cm³/mol. The minimum Gasteiger partial charge on any atom is -0.496 e. The molecule has 2 aliphatic rings. The SMILES string of the molecule is COc1cccc2c1CCN(C(=O)Cc1ccc(C(F)(F)F)cc1)C2CN1CCCC1.Cl. The van der Waals surface area contributed by atoms with Crippen LogP contribution >= 0.6 is 12.4 Å². The van der Waals surface area contributed by atoms with E-state index in [-0.39, 0.29) is 30.8 Å². The summed E-state index contributed by atoms with van der Waals surface area (Å²) in [5.41, 5.74) is 2.15. The van der Waals surface area contributed by atoms with Gasteiger partial charge in [-0.2, -0.15) is 13.2 Å². The number of hydrogen-bond acceptors (Lipinski definition) is 3. The van der Waals surface area contributed by atoms with Crippen molar-refractivity contribution in [3.05, 3.63) is 64.7 Å². The summed E-state index contributed by atoms with van der Waals surface area (Å²) in [4.78, 5) is 17.5. The number of nitrogens with zero attached hydrogens (tertiary/aromatic N) is 2. The lowest BCUT2D eigenvalue weighted by Crippen LogP contribution is -2.45. The van der Waals surface area contributed by atoms with Gasteiger partial charge in [0.2, 0.25) is 5.91 Å². The van der Waals surface area contributed by atoms with E-state index in [9.17, 15) is 18.0 Å². The number of carbonyl (C=O) groups is 1. The molecule has 32 heavy (non-hydrogen) atoms. The highest BCUT2D eigenvalue weighted by Crippen LogP contribution is 2.36. The second-order valence-corrected chi connectivity index (χ2v) is 8.26. The Kier molecular flexibility index (Phi) is 7.72. The van der Waals surface area contributed by atoms with Crippen LogP contribution < -0.4 is 4.74 Å². The molecule has 0 radical (unpaired) electrons. The molecule has 0 aromatic heterocycles. The Balaban J connectivity index is 0.00000289. The van der Waals surface area contributed by atoms with Crippen molar-refractivity contribution in [3.63, 3.8) is 0 Å². The van der Waals surface area contributed by atoms with Gasteiger partial charge in [0.05, 0.1) is 25.1 Å². The molecular formula is C24H28ClF3N2O2. The number of amides is 1. The molecule has 2 aliphatic heterocycles. The number of hydrogen-bond donors (Lipinski definition) is 0. The summed E-state index contributed by atoms with van der Waals surface area (Å²) in [7, 11) is 1.66. The van der Waals surface area contributed by atoms with Gasteiger partial charge in [-0.15, -0.1) is 12.4 Å². The van der Waals surface area contributed by atoms with Gasteiger partial charge in [-0.05, 0) is 61.7 Å². The van der Waals surface area contributed by atoms with Gasteiger partial charge in [-0.1, -0.05) is 24.3 Å². The highest BCUT2D eigenvalue weighted by atomic mass is 35.5. The first-order valence-corrected chi connectivity index (χ1v) is 10.7. The third kappa shape index (κ3) is 5.21. The van der Waals surface area contributed by atoms with Crippen LogP contribution in [0.2, 0.25) is 0 Å². The molecule has 0 saturated carbocycles. The zero-order valence-electron chi connectivity index (χ0n) is 18.0. The lowest BCUT2D eigenvalue weighted by Gasteiger charge is -2.40. The van der Waals surface area contributed by atoms with E-state index in [4.69, 9.17) is 4.74 Å². The monoisotopic (exact) mass is 468 g/mol. The molecule has 4 nitrogen and oxygen atoms in total. The minimum atomic E-state index is -4.38. The molecular weight excluding hydrogens is 441 g/mol.